The van der Waals surface area contributed by atoms with Crippen LogP contribution in [0.2, 0.25) is 0 Å². The van der Waals surface area contributed by atoms with Crippen molar-refractivity contribution >= 4 is 5.96 Å². The van der Waals surface area contributed by atoms with Crippen molar-refractivity contribution in [3.63, 3.8) is 0 Å². The molecule has 0 aromatic carbocycles. The van der Waals surface area contributed by atoms with E-state index in [-0.39, 0.29) is 18.5 Å². The number of hydrogen-bond donors (Lipinski definition) is 1. The maximum absolute atomic E-state index is 11.8. The standard InChI is InChI=1S/C7H15F2N3/c1-5(2)11-7(10)12(3)4-6(8)9/h5-6H,4H2,1-3H3,(H2,10,11). The maximum atomic E-state index is 11.8. The molecule has 0 aliphatic rings. The summed E-state index contributed by atoms with van der Waals surface area (Å²) in [7, 11) is 1.49. The van der Waals surface area contributed by atoms with Crippen LogP contribution in [0, 0.1) is 0 Å². The molecule has 5 heteroatoms. The van der Waals surface area contributed by atoms with E-state index in [1.54, 1.807) is 0 Å². The van der Waals surface area contributed by atoms with Gasteiger partial charge in [-0.05, 0) is 13.8 Å². The molecule has 0 amide bonds. The van der Waals surface area contributed by atoms with E-state index in [2.05, 4.69) is 4.99 Å². The molecule has 0 unspecified atom stereocenters. The fourth-order valence-electron chi connectivity index (χ4n) is 0.664. The zero-order chi connectivity index (χ0) is 9.72. The second kappa shape index (κ2) is 4.90. The van der Waals surface area contributed by atoms with Crippen molar-refractivity contribution in [2.75, 3.05) is 13.6 Å². The van der Waals surface area contributed by atoms with Crippen molar-refractivity contribution in [3.05, 3.63) is 0 Å². The molecule has 0 saturated heterocycles. The lowest BCUT2D eigenvalue weighted by molar-refractivity contribution is 0.123. The predicted molar refractivity (Wildman–Crippen MR) is 45.4 cm³/mol. The third kappa shape index (κ3) is 4.87. The van der Waals surface area contributed by atoms with Gasteiger partial charge in [0.05, 0.1) is 6.54 Å². The molecule has 0 atom stereocenters. The SMILES string of the molecule is CC(C)N=C(N)N(C)CC(F)F. The van der Waals surface area contributed by atoms with E-state index in [1.807, 2.05) is 13.8 Å². The highest BCUT2D eigenvalue weighted by molar-refractivity contribution is 5.77. The van der Waals surface area contributed by atoms with Crippen LogP contribution in [0.25, 0.3) is 0 Å². The number of aliphatic imine (C=N–C) groups is 1. The Bertz CT molecular complexity index is 157. The molecular formula is C7H15F2N3. The number of hydrogen-bond acceptors (Lipinski definition) is 1. The minimum atomic E-state index is -2.38. The van der Waals surface area contributed by atoms with Gasteiger partial charge in [0.1, 0.15) is 0 Å². The molecule has 12 heavy (non-hydrogen) atoms. The summed E-state index contributed by atoms with van der Waals surface area (Å²) in [4.78, 5) is 5.16. The maximum Gasteiger partial charge on any atom is 0.255 e. The second-order valence-corrected chi connectivity index (χ2v) is 2.85. The van der Waals surface area contributed by atoms with Crippen LogP contribution >= 0.6 is 0 Å². The fraction of sp³-hybridized carbons (Fsp3) is 0.857. The first kappa shape index (κ1) is 11.1. The summed E-state index contributed by atoms with van der Waals surface area (Å²) in [5, 5.41) is 0. The first-order valence-electron chi connectivity index (χ1n) is 3.76. The van der Waals surface area contributed by atoms with Crippen LogP contribution < -0.4 is 5.73 Å². The summed E-state index contributed by atoms with van der Waals surface area (Å²) < 4.78 is 23.7. The van der Waals surface area contributed by atoms with Gasteiger partial charge in [0, 0.05) is 13.1 Å². The zero-order valence-electron chi connectivity index (χ0n) is 7.59. The van der Waals surface area contributed by atoms with Crippen LogP contribution in [0.4, 0.5) is 8.78 Å². The topological polar surface area (TPSA) is 41.6 Å². The van der Waals surface area contributed by atoms with Crippen molar-refractivity contribution in [3.8, 4) is 0 Å². The van der Waals surface area contributed by atoms with Gasteiger partial charge in [-0.25, -0.2) is 8.78 Å². The van der Waals surface area contributed by atoms with Gasteiger partial charge in [0.25, 0.3) is 6.43 Å². The highest BCUT2D eigenvalue weighted by Gasteiger charge is 2.09. The monoisotopic (exact) mass is 179 g/mol. The second-order valence-electron chi connectivity index (χ2n) is 2.85. The van der Waals surface area contributed by atoms with Crippen LogP contribution in [0.15, 0.2) is 4.99 Å². The molecule has 0 rings (SSSR count). The predicted octanol–water partition coefficient (Wildman–Crippen LogP) is 0.906. The Balaban J connectivity index is 4.00. The highest BCUT2D eigenvalue weighted by atomic mass is 19.3. The molecule has 0 spiro atoms. The molecule has 3 nitrogen and oxygen atoms in total. The van der Waals surface area contributed by atoms with Crippen molar-refractivity contribution in [1.29, 1.82) is 0 Å². The van der Waals surface area contributed by atoms with Crippen LogP contribution in [0.1, 0.15) is 13.8 Å². The summed E-state index contributed by atoms with van der Waals surface area (Å²) in [6.45, 7) is 3.30. The number of halogens is 2. The van der Waals surface area contributed by atoms with Crippen molar-refractivity contribution in [2.24, 2.45) is 10.7 Å². The third-order valence-electron chi connectivity index (χ3n) is 1.19. The smallest absolute Gasteiger partial charge is 0.255 e. The summed E-state index contributed by atoms with van der Waals surface area (Å²) in [5.41, 5.74) is 5.41. The Morgan fingerprint density at radius 2 is 2.00 bits per heavy atom. The van der Waals surface area contributed by atoms with E-state index in [0.717, 1.165) is 0 Å². The molecule has 0 aliphatic carbocycles. The van der Waals surface area contributed by atoms with Gasteiger partial charge in [0.15, 0.2) is 5.96 Å². The quantitative estimate of drug-likeness (QED) is 0.516. The first-order chi connectivity index (χ1) is 5.43. The van der Waals surface area contributed by atoms with E-state index in [0.29, 0.717) is 0 Å². The van der Waals surface area contributed by atoms with Crippen molar-refractivity contribution in [1.82, 2.24) is 4.90 Å². The minimum absolute atomic E-state index is 0.0325. The van der Waals surface area contributed by atoms with E-state index >= 15 is 0 Å². The van der Waals surface area contributed by atoms with Gasteiger partial charge in [-0.3, -0.25) is 4.99 Å². The first-order valence-corrected chi connectivity index (χ1v) is 3.76. The van der Waals surface area contributed by atoms with Crippen LogP contribution in [0.3, 0.4) is 0 Å². The highest BCUT2D eigenvalue weighted by Crippen LogP contribution is 1.96. The molecule has 0 aromatic rings. The molecule has 2 N–H and O–H groups in total. The molecule has 0 radical (unpaired) electrons. The normalized spacial score (nSPS) is 12.8. The molecule has 0 heterocycles. The van der Waals surface area contributed by atoms with E-state index in [4.69, 9.17) is 5.73 Å². The van der Waals surface area contributed by atoms with Crippen molar-refractivity contribution < 1.29 is 8.78 Å². The van der Waals surface area contributed by atoms with E-state index in [9.17, 15) is 8.78 Å². The molecule has 0 aliphatic heterocycles. The Labute approximate surface area is 71.3 Å². The van der Waals surface area contributed by atoms with Gasteiger partial charge in [-0.2, -0.15) is 0 Å². The Morgan fingerprint density at radius 1 is 1.50 bits per heavy atom. The third-order valence-corrected chi connectivity index (χ3v) is 1.19. The lowest BCUT2D eigenvalue weighted by Gasteiger charge is -2.17. The average Bonchev–Trinajstić information content (AvgIpc) is 1.84. The van der Waals surface area contributed by atoms with Crippen LogP contribution in [0.5, 0.6) is 0 Å². The summed E-state index contributed by atoms with van der Waals surface area (Å²) in [5.74, 6) is 0.158. The van der Waals surface area contributed by atoms with Crippen LogP contribution in [-0.2, 0) is 0 Å². The molecule has 0 aromatic heterocycles. The largest absolute Gasteiger partial charge is 0.370 e. The fourth-order valence-corrected chi connectivity index (χ4v) is 0.664. The number of rotatable bonds is 3. The zero-order valence-corrected chi connectivity index (χ0v) is 7.59. The molecule has 0 saturated carbocycles. The van der Waals surface area contributed by atoms with Crippen molar-refractivity contribution in [2.45, 2.75) is 26.3 Å². The van der Waals surface area contributed by atoms with Gasteiger partial charge >= 0.3 is 0 Å². The van der Waals surface area contributed by atoms with Gasteiger partial charge in [-0.15, -0.1) is 0 Å². The molecular weight excluding hydrogens is 164 g/mol. The van der Waals surface area contributed by atoms with Gasteiger partial charge < -0.3 is 10.6 Å². The summed E-state index contributed by atoms with van der Waals surface area (Å²) in [6, 6.07) is 0.0325. The summed E-state index contributed by atoms with van der Waals surface area (Å²) >= 11 is 0. The van der Waals surface area contributed by atoms with Gasteiger partial charge in [-0.1, -0.05) is 0 Å². The van der Waals surface area contributed by atoms with Gasteiger partial charge in [0.2, 0.25) is 0 Å². The number of nitrogens with two attached hydrogens (primary N) is 1. The minimum Gasteiger partial charge on any atom is -0.370 e. The molecule has 0 fully saturated rings. The lowest BCUT2D eigenvalue weighted by Crippen LogP contribution is -2.37. The summed E-state index contributed by atoms with van der Waals surface area (Å²) in [6.07, 6.45) is -2.38. The number of guanidine groups is 1. The van der Waals surface area contributed by atoms with Crippen LogP contribution in [-0.4, -0.2) is 36.9 Å². The number of nitrogens with zero attached hydrogens (tertiary/aromatic N) is 2. The number of alkyl halides is 2. The Morgan fingerprint density at radius 3 is 2.33 bits per heavy atom. The Kier molecular flexibility index (Phi) is 4.54. The average molecular weight is 179 g/mol. The van der Waals surface area contributed by atoms with E-state index < -0.39 is 6.43 Å². The lowest BCUT2D eigenvalue weighted by atomic mass is 10.4. The molecule has 0 bridgehead atoms. The Hall–Kier alpha value is -0.870. The molecule has 72 valence electrons. The van der Waals surface area contributed by atoms with E-state index in [1.165, 1.54) is 11.9 Å².